The van der Waals surface area contributed by atoms with Crippen LogP contribution in [0.25, 0.3) is 0 Å². The summed E-state index contributed by atoms with van der Waals surface area (Å²) in [5.41, 5.74) is 6.44. The molecule has 1 amide bonds. The second kappa shape index (κ2) is 8.14. The fraction of sp³-hybridized carbons (Fsp3) is 0.467. The molecule has 1 aromatic rings. The second-order valence-electron chi connectivity index (χ2n) is 4.83. The Hall–Kier alpha value is -2.24. The van der Waals surface area contributed by atoms with Crippen molar-refractivity contribution in [2.24, 2.45) is 0 Å². The summed E-state index contributed by atoms with van der Waals surface area (Å²) in [5.74, 6) is -0.164. The van der Waals surface area contributed by atoms with Crippen LogP contribution in [-0.2, 0) is 9.53 Å². The molecule has 0 saturated carbocycles. The summed E-state index contributed by atoms with van der Waals surface area (Å²) in [4.78, 5) is 23.3. The minimum Gasteiger partial charge on any atom is -0.494 e. The van der Waals surface area contributed by atoms with Crippen LogP contribution in [0, 0.1) is 0 Å². The molecule has 0 spiro atoms. The van der Waals surface area contributed by atoms with Crippen LogP contribution in [0.5, 0.6) is 5.75 Å². The van der Waals surface area contributed by atoms with Crippen LogP contribution in [0.4, 0.5) is 5.69 Å². The van der Waals surface area contributed by atoms with E-state index in [1.807, 2.05) is 20.8 Å². The summed E-state index contributed by atoms with van der Waals surface area (Å²) >= 11 is 0. The first-order valence-electron chi connectivity index (χ1n) is 6.92. The predicted octanol–water partition coefficient (Wildman–Crippen LogP) is 1.74. The molecule has 3 N–H and O–H groups in total. The SMILES string of the molecule is CCOc1cc(N)cc(C(=O)OCCC(=O)NC(C)C)c1. The molecule has 6 nitrogen and oxygen atoms in total. The molecule has 0 heterocycles. The summed E-state index contributed by atoms with van der Waals surface area (Å²) in [6.07, 6.45) is 0.130. The number of anilines is 1. The molecule has 1 rings (SSSR count). The number of esters is 1. The van der Waals surface area contributed by atoms with Gasteiger partial charge in [-0.15, -0.1) is 0 Å². The van der Waals surface area contributed by atoms with Crippen molar-refractivity contribution in [2.75, 3.05) is 18.9 Å². The minimum atomic E-state index is -0.527. The standard InChI is InChI=1S/C15H22N2O4/c1-4-20-13-8-11(7-12(16)9-13)15(19)21-6-5-14(18)17-10(2)3/h7-10H,4-6,16H2,1-3H3,(H,17,18). The summed E-state index contributed by atoms with van der Waals surface area (Å²) in [7, 11) is 0. The zero-order chi connectivity index (χ0) is 15.8. The van der Waals surface area contributed by atoms with E-state index >= 15 is 0 Å². The Bertz CT molecular complexity index is 500. The van der Waals surface area contributed by atoms with Gasteiger partial charge in [-0.2, -0.15) is 0 Å². The maximum absolute atomic E-state index is 11.9. The summed E-state index contributed by atoms with van der Waals surface area (Å²) in [6.45, 7) is 6.08. The van der Waals surface area contributed by atoms with Gasteiger partial charge in [-0.3, -0.25) is 4.79 Å². The fourth-order valence-electron chi connectivity index (χ4n) is 1.70. The van der Waals surface area contributed by atoms with Gasteiger partial charge in [0.1, 0.15) is 12.4 Å². The molecule has 6 heteroatoms. The molecule has 0 aromatic heterocycles. The number of benzene rings is 1. The van der Waals surface area contributed by atoms with Gasteiger partial charge < -0.3 is 20.5 Å². The van der Waals surface area contributed by atoms with Gasteiger partial charge in [0.05, 0.1) is 18.6 Å². The predicted molar refractivity (Wildman–Crippen MR) is 80.2 cm³/mol. The number of amides is 1. The molecule has 0 aliphatic heterocycles. The highest BCUT2D eigenvalue weighted by Crippen LogP contribution is 2.19. The minimum absolute atomic E-state index is 0.0240. The Kier molecular flexibility index (Phi) is 6.52. The first kappa shape index (κ1) is 16.8. The Balaban J connectivity index is 2.54. The van der Waals surface area contributed by atoms with E-state index in [1.165, 1.54) is 6.07 Å². The van der Waals surface area contributed by atoms with Gasteiger partial charge in [0, 0.05) is 17.8 Å². The molecule has 0 saturated heterocycles. The third-order valence-corrected chi connectivity index (χ3v) is 2.49. The van der Waals surface area contributed by atoms with Crippen molar-refractivity contribution in [1.82, 2.24) is 5.32 Å². The van der Waals surface area contributed by atoms with Gasteiger partial charge in [-0.1, -0.05) is 0 Å². The molecule has 1 aromatic carbocycles. The molecule has 0 fully saturated rings. The Morgan fingerprint density at radius 3 is 2.62 bits per heavy atom. The van der Waals surface area contributed by atoms with Crippen molar-refractivity contribution in [1.29, 1.82) is 0 Å². The second-order valence-corrected chi connectivity index (χ2v) is 4.83. The van der Waals surface area contributed by atoms with Gasteiger partial charge in [0.25, 0.3) is 0 Å². The molecular weight excluding hydrogens is 272 g/mol. The Morgan fingerprint density at radius 2 is 2.00 bits per heavy atom. The normalized spacial score (nSPS) is 10.3. The quantitative estimate of drug-likeness (QED) is 0.590. The number of hydrogen-bond acceptors (Lipinski definition) is 5. The lowest BCUT2D eigenvalue weighted by Crippen LogP contribution is -2.31. The number of rotatable bonds is 7. The van der Waals surface area contributed by atoms with Crippen molar-refractivity contribution in [3.8, 4) is 5.75 Å². The van der Waals surface area contributed by atoms with Crippen LogP contribution < -0.4 is 15.8 Å². The van der Waals surface area contributed by atoms with Gasteiger partial charge >= 0.3 is 5.97 Å². The van der Waals surface area contributed by atoms with Crippen LogP contribution in [0.3, 0.4) is 0 Å². The van der Waals surface area contributed by atoms with Crippen molar-refractivity contribution < 1.29 is 19.1 Å². The van der Waals surface area contributed by atoms with Crippen molar-refractivity contribution >= 4 is 17.6 Å². The smallest absolute Gasteiger partial charge is 0.338 e. The number of hydrogen-bond donors (Lipinski definition) is 2. The van der Waals surface area contributed by atoms with E-state index in [1.54, 1.807) is 12.1 Å². The topological polar surface area (TPSA) is 90.7 Å². The largest absolute Gasteiger partial charge is 0.494 e. The molecule has 0 aliphatic rings. The monoisotopic (exact) mass is 294 g/mol. The van der Waals surface area contributed by atoms with Crippen LogP contribution in [0.2, 0.25) is 0 Å². The van der Waals surface area contributed by atoms with Gasteiger partial charge in [0.15, 0.2) is 0 Å². The molecule has 0 bridgehead atoms. The number of carbonyl (C=O) groups is 2. The van der Waals surface area contributed by atoms with E-state index < -0.39 is 5.97 Å². The summed E-state index contributed by atoms with van der Waals surface area (Å²) in [6, 6.07) is 4.78. The number of nitrogens with two attached hydrogens (primary N) is 1. The van der Waals surface area contributed by atoms with E-state index in [0.717, 1.165) is 0 Å². The average molecular weight is 294 g/mol. The molecule has 116 valence electrons. The first-order chi connectivity index (χ1) is 9.92. The highest BCUT2D eigenvalue weighted by atomic mass is 16.5. The molecule has 0 aliphatic carbocycles. The van der Waals surface area contributed by atoms with Crippen molar-refractivity contribution in [3.63, 3.8) is 0 Å². The van der Waals surface area contributed by atoms with Gasteiger partial charge in [-0.25, -0.2) is 4.79 Å². The molecule has 0 radical (unpaired) electrons. The van der Waals surface area contributed by atoms with Crippen LogP contribution in [0.15, 0.2) is 18.2 Å². The lowest BCUT2D eigenvalue weighted by Gasteiger charge is -2.10. The van der Waals surface area contributed by atoms with Crippen LogP contribution in [-0.4, -0.2) is 31.1 Å². The highest BCUT2D eigenvalue weighted by Gasteiger charge is 2.11. The fourth-order valence-corrected chi connectivity index (χ4v) is 1.70. The third kappa shape index (κ3) is 6.16. The van der Waals surface area contributed by atoms with Crippen molar-refractivity contribution in [2.45, 2.75) is 33.2 Å². The summed E-state index contributed by atoms with van der Waals surface area (Å²) < 4.78 is 10.4. The number of nitrogen functional groups attached to an aromatic ring is 1. The average Bonchev–Trinajstić information content (AvgIpc) is 2.37. The van der Waals surface area contributed by atoms with Crippen LogP contribution in [0.1, 0.15) is 37.6 Å². The van der Waals surface area contributed by atoms with Gasteiger partial charge in [0.2, 0.25) is 5.91 Å². The number of carbonyl (C=O) groups excluding carboxylic acids is 2. The lowest BCUT2D eigenvalue weighted by atomic mass is 10.2. The number of ether oxygens (including phenoxy) is 2. The maximum Gasteiger partial charge on any atom is 0.338 e. The molecule has 21 heavy (non-hydrogen) atoms. The number of nitrogens with one attached hydrogen (secondary N) is 1. The van der Waals surface area contributed by atoms with Crippen LogP contribution >= 0.6 is 0 Å². The maximum atomic E-state index is 11.9. The molecular formula is C15H22N2O4. The van der Waals surface area contributed by atoms with E-state index in [4.69, 9.17) is 15.2 Å². The first-order valence-corrected chi connectivity index (χ1v) is 6.92. The Morgan fingerprint density at radius 1 is 1.29 bits per heavy atom. The zero-order valence-electron chi connectivity index (χ0n) is 12.6. The van der Waals surface area contributed by atoms with E-state index in [-0.39, 0.29) is 25.0 Å². The van der Waals surface area contributed by atoms with Crippen molar-refractivity contribution in [3.05, 3.63) is 23.8 Å². The van der Waals surface area contributed by atoms with E-state index in [2.05, 4.69) is 5.32 Å². The van der Waals surface area contributed by atoms with E-state index in [0.29, 0.717) is 23.6 Å². The van der Waals surface area contributed by atoms with E-state index in [9.17, 15) is 9.59 Å². The third-order valence-electron chi connectivity index (χ3n) is 2.49. The zero-order valence-corrected chi connectivity index (χ0v) is 12.6. The molecule has 0 unspecified atom stereocenters. The lowest BCUT2D eigenvalue weighted by molar-refractivity contribution is -0.122. The van der Waals surface area contributed by atoms with Gasteiger partial charge in [-0.05, 0) is 32.9 Å². The Labute approximate surface area is 124 Å². The molecule has 0 atom stereocenters. The summed E-state index contributed by atoms with van der Waals surface area (Å²) in [5, 5.41) is 2.72. The highest BCUT2D eigenvalue weighted by molar-refractivity contribution is 5.91.